The molecule has 0 aromatic heterocycles. The third-order valence-corrected chi connectivity index (χ3v) is 7.83. The Morgan fingerprint density at radius 1 is 0.781 bits per heavy atom. The second-order valence-corrected chi connectivity index (χ2v) is 10.2. The lowest BCUT2D eigenvalue weighted by Crippen LogP contribution is -2.51. The highest BCUT2D eigenvalue weighted by molar-refractivity contribution is 6.02. The van der Waals surface area contributed by atoms with Crippen LogP contribution in [0.5, 0.6) is 0 Å². The molecule has 2 saturated heterocycles. The van der Waals surface area contributed by atoms with Crippen LogP contribution in [0, 0.1) is 5.92 Å². The van der Waals surface area contributed by atoms with E-state index in [1.807, 2.05) is 23.1 Å². The Morgan fingerprint density at radius 3 is 2.12 bits per heavy atom. The van der Waals surface area contributed by atoms with Crippen LogP contribution < -0.4 is 10.2 Å². The number of benzene rings is 1. The van der Waals surface area contributed by atoms with Gasteiger partial charge >= 0.3 is 0 Å². The number of nitrogens with zero attached hydrogens (tertiary/aromatic N) is 3. The smallest absolute Gasteiger partial charge is 0.256 e. The zero-order valence-corrected chi connectivity index (χ0v) is 19.4. The number of carbonyl (C=O) groups is 2. The highest BCUT2D eigenvalue weighted by Gasteiger charge is 2.31. The normalized spacial score (nSPS) is 23.2. The zero-order valence-electron chi connectivity index (χ0n) is 19.4. The summed E-state index contributed by atoms with van der Waals surface area (Å²) in [5.41, 5.74) is 2.62. The van der Waals surface area contributed by atoms with Crippen molar-refractivity contribution in [2.24, 2.45) is 5.92 Å². The molecule has 2 aliphatic heterocycles. The van der Waals surface area contributed by atoms with Crippen molar-refractivity contribution < 1.29 is 9.59 Å². The van der Waals surface area contributed by atoms with Crippen LogP contribution in [0.1, 0.15) is 74.6 Å². The maximum atomic E-state index is 13.6. The number of carbonyl (C=O) groups excluding carboxylic acids is 2. The Morgan fingerprint density at radius 2 is 1.47 bits per heavy atom. The van der Waals surface area contributed by atoms with Gasteiger partial charge in [0, 0.05) is 56.9 Å². The van der Waals surface area contributed by atoms with E-state index in [2.05, 4.69) is 15.1 Å². The summed E-state index contributed by atoms with van der Waals surface area (Å²) in [6.07, 6.45) is 12.2. The van der Waals surface area contributed by atoms with E-state index in [1.165, 1.54) is 38.5 Å². The molecule has 6 nitrogen and oxygen atoms in total. The van der Waals surface area contributed by atoms with Crippen molar-refractivity contribution in [1.29, 1.82) is 0 Å². The summed E-state index contributed by atoms with van der Waals surface area (Å²) >= 11 is 0. The van der Waals surface area contributed by atoms with Crippen LogP contribution in [-0.4, -0.2) is 66.9 Å². The van der Waals surface area contributed by atoms with Gasteiger partial charge in [-0.15, -0.1) is 0 Å². The van der Waals surface area contributed by atoms with Crippen LogP contribution in [0.15, 0.2) is 18.2 Å². The lowest BCUT2D eigenvalue weighted by Gasteiger charge is -2.38. The monoisotopic (exact) mass is 438 g/mol. The summed E-state index contributed by atoms with van der Waals surface area (Å²) in [7, 11) is 0. The van der Waals surface area contributed by atoms with Gasteiger partial charge in [-0.25, -0.2) is 0 Å². The van der Waals surface area contributed by atoms with Crippen molar-refractivity contribution >= 4 is 23.2 Å². The lowest BCUT2D eigenvalue weighted by molar-refractivity contribution is -0.117. The number of hydrogen-bond donors (Lipinski definition) is 1. The standard InChI is InChI=1S/C26H38N4O2/c31-25(20-9-10-20)27-21-11-12-23(24(19-21)29-13-5-1-2-6-14-29)26(32)30-17-15-28(16-18-30)22-7-3-4-8-22/h11-12,19-20,22H,1-10,13-18H2,(H,27,31). The molecule has 0 spiro atoms. The van der Waals surface area contributed by atoms with E-state index >= 15 is 0 Å². The Labute approximate surface area is 192 Å². The molecule has 0 unspecified atom stereocenters. The number of amides is 2. The topological polar surface area (TPSA) is 55.9 Å². The second kappa shape index (κ2) is 9.82. The molecule has 2 amide bonds. The van der Waals surface area contributed by atoms with E-state index in [-0.39, 0.29) is 17.7 Å². The van der Waals surface area contributed by atoms with Crippen LogP contribution in [0.2, 0.25) is 0 Å². The first kappa shape index (κ1) is 21.7. The summed E-state index contributed by atoms with van der Waals surface area (Å²) in [6, 6.07) is 6.65. The molecule has 1 aromatic rings. The SMILES string of the molecule is O=C(Nc1ccc(C(=O)N2CCN(C3CCCC3)CC2)c(N2CCCCCC2)c1)C1CC1. The summed E-state index contributed by atoms with van der Waals surface area (Å²) in [5, 5.41) is 3.08. The molecule has 0 radical (unpaired) electrons. The lowest BCUT2D eigenvalue weighted by atomic mass is 10.1. The van der Waals surface area contributed by atoms with Crippen LogP contribution in [0.4, 0.5) is 11.4 Å². The van der Waals surface area contributed by atoms with Gasteiger partial charge < -0.3 is 15.1 Å². The molecule has 0 atom stereocenters. The van der Waals surface area contributed by atoms with Crippen LogP contribution in [0.3, 0.4) is 0 Å². The number of nitrogens with one attached hydrogen (secondary N) is 1. The zero-order chi connectivity index (χ0) is 21.9. The molecule has 2 aliphatic carbocycles. The van der Waals surface area contributed by atoms with Gasteiger partial charge in [0.15, 0.2) is 0 Å². The molecule has 4 fully saturated rings. The van der Waals surface area contributed by atoms with Crippen LogP contribution >= 0.6 is 0 Å². The predicted octanol–water partition coefficient (Wildman–Crippen LogP) is 4.12. The van der Waals surface area contributed by atoms with E-state index in [4.69, 9.17) is 0 Å². The Kier molecular flexibility index (Phi) is 6.67. The third-order valence-electron chi connectivity index (χ3n) is 7.83. The first-order valence-electron chi connectivity index (χ1n) is 12.9. The van der Waals surface area contributed by atoms with Crippen LogP contribution in [0.25, 0.3) is 0 Å². The Hall–Kier alpha value is -2.08. The number of rotatable bonds is 5. The van der Waals surface area contributed by atoms with Crippen molar-refractivity contribution in [1.82, 2.24) is 9.80 Å². The molecule has 1 aromatic carbocycles. The largest absolute Gasteiger partial charge is 0.371 e. The number of piperazine rings is 1. The molecular weight excluding hydrogens is 400 g/mol. The Balaban J connectivity index is 1.32. The van der Waals surface area contributed by atoms with Gasteiger partial charge in [0.05, 0.1) is 11.3 Å². The summed E-state index contributed by atoms with van der Waals surface area (Å²) in [5.74, 6) is 0.443. The highest BCUT2D eigenvalue weighted by atomic mass is 16.2. The fourth-order valence-corrected chi connectivity index (χ4v) is 5.68. The van der Waals surface area contributed by atoms with Gasteiger partial charge in [-0.1, -0.05) is 25.7 Å². The minimum Gasteiger partial charge on any atom is -0.371 e. The maximum absolute atomic E-state index is 13.6. The van der Waals surface area contributed by atoms with E-state index in [9.17, 15) is 9.59 Å². The van der Waals surface area contributed by atoms with Gasteiger partial charge in [-0.2, -0.15) is 0 Å². The first-order chi connectivity index (χ1) is 15.7. The number of anilines is 2. The van der Waals surface area contributed by atoms with Gasteiger partial charge in [0.2, 0.25) is 5.91 Å². The molecule has 2 saturated carbocycles. The minimum absolute atomic E-state index is 0.119. The Bertz CT molecular complexity index is 815. The van der Waals surface area contributed by atoms with Crippen molar-refractivity contribution in [3.8, 4) is 0 Å². The van der Waals surface area contributed by atoms with Crippen molar-refractivity contribution in [3.63, 3.8) is 0 Å². The summed E-state index contributed by atoms with van der Waals surface area (Å²) < 4.78 is 0. The average molecular weight is 439 g/mol. The average Bonchev–Trinajstić information content (AvgIpc) is 3.60. The molecule has 5 rings (SSSR count). The van der Waals surface area contributed by atoms with E-state index in [0.717, 1.165) is 87.9 Å². The minimum atomic E-state index is 0.119. The van der Waals surface area contributed by atoms with E-state index < -0.39 is 0 Å². The quantitative estimate of drug-likeness (QED) is 0.752. The van der Waals surface area contributed by atoms with Crippen molar-refractivity contribution in [2.75, 3.05) is 49.5 Å². The van der Waals surface area contributed by atoms with Crippen LogP contribution in [-0.2, 0) is 4.79 Å². The molecule has 4 aliphatic rings. The number of hydrogen-bond acceptors (Lipinski definition) is 4. The fourth-order valence-electron chi connectivity index (χ4n) is 5.68. The third kappa shape index (κ3) is 4.95. The molecule has 2 heterocycles. The van der Waals surface area contributed by atoms with Gasteiger partial charge in [-0.05, 0) is 56.7 Å². The van der Waals surface area contributed by atoms with Gasteiger partial charge in [-0.3, -0.25) is 14.5 Å². The molecule has 0 bridgehead atoms. The van der Waals surface area contributed by atoms with Gasteiger partial charge in [0.1, 0.15) is 0 Å². The maximum Gasteiger partial charge on any atom is 0.256 e. The molecular formula is C26H38N4O2. The van der Waals surface area contributed by atoms with Crippen molar-refractivity contribution in [2.45, 2.75) is 70.3 Å². The highest BCUT2D eigenvalue weighted by Crippen LogP contribution is 2.33. The molecule has 6 heteroatoms. The summed E-state index contributed by atoms with van der Waals surface area (Å²) in [6.45, 7) is 5.57. The predicted molar refractivity (Wildman–Crippen MR) is 128 cm³/mol. The first-order valence-corrected chi connectivity index (χ1v) is 12.9. The van der Waals surface area contributed by atoms with E-state index in [0.29, 0.717) is 0 Å². The second-order valence-electron chi connectivity index (χ2n) is 10.2. The van der Waals surface area contributed by atoms with E-state index in [1.54, 1.807) is 0 Å². The molecule has 174 valence electrons. The van der Waals surface area contributed by atoms with Gasteiger partial charge in [0.25, 0.3) is 5.91 Å². The fraction of sp³-hybridized carbons (Fsp3) is 0.692. The molecule has 32 heavy (non-hydrogen) atoms. The molecule has 1 N–H and O–H groups in total. The van der Waals surface area contributed by atoms with Crippen molar-refractivity contribution in [3.05, 3.63) is 23.8 Å². The summed E-state index contributed by atoms with van der Waals surface area (Å²) in [4.78, 5) is 33.0.